The lowest BCUT2D eigenvalue weighted by molar-refractivity contribution is -0.117. The molecule has 1 heterocycles. The molecule has 1 saturated heterocycles. The molecule has 1 atom stereocenters. The summed E-state index contributed by atoms with van der Waals surface area (Å²) in [6, 6.07) is 15.9. The highest BCUT2D eigenvalue weighted by molar-refractivity contribution is 5.76. The second-order valence-corrected chi connectivity index (χ2v) is 7.66. The van der Waals surface area contributed by atoms with Gasteiger partial charge in [0.2, 0.25) is 0 Å². The van der Waals surface area contributed by atoms with E-state index in [1.54, 1.807) is 13.0 Å². The van der Waals surface area contributed by atoms with Gasteiger partial charge in [0.1, 0.15) is 29.5 Å². The molecule has 3 rings (SSSR count). The molecule has 0 saturated carbocycles. The van der Waals surface area contributed by atoms with Crippen LogP contribution in [0.4, 0.5) is 5.69 Å². The van der Waals surface area contributed by atoms with E-state index in [0.717, 1.165) is 42.3 Å². The Morgan fingerprint density at radius 3 is 2.52 bits per heavy atom. The van der Waals surface area contributed by atoms with Crippen LogP contribution in [-0.2, 0) is 4.79 Å². The summed E-state index contributed by atoms with van der Waals surface area (Å²) >= 11 is 0. The Morgan fingerprint density at radius 2 is 1.90 bits per heavy atom. The van der Waals surface area contributed by atoms with Crippen molar-refractivity contribution in [1.82, 2.24) is 0 Å². The molecule has 152 valence electrons. The Hall–Kier alpha value is -3.00. The van der Waals surface area contributed by atoms with Crippen molar-refractivity contribution in [2.24, 2.45) is 0 Å². The Morgan fingerprint density at radius 1 is 1.21 bits per heavy atom. The van der Waals surface area contributed by atoms with E-state index < -0.39 is 0 Å². The first-order valence-corrected chi connectivity index (χ1v) is 10.2. The van der Waals surface area contributed by atoms with Crippen LogP contribution in [0.1, 0.15) is 50.7 Å². The summed E-state index contributed by atoms with van der Waals surface area (Å²) in [5, 5.41) is 9.48. The third-order valence-corrected chi connectivity index (χ3v) is 5.10. The number of anilines is 1. The number of ketones is 1. The Balaban J connectivity index is 1.55. The number of hydrogen-bond acceptors (Lipinski definition) is 5. The maximum absolute atomic E-state index is 11.3. The fourth-order valence-corrected chi connectivity index (χ4v) is 3.52. The van der Waals surface area contributed by atoms with Crippen LogP contribution < -0.4 is 14.4 Å². The molecular formula is C24H28N2O3. The van der Waals surface area contributed by atoms with Gasteiger partial charge < -0.3 is 19.2 Å². The molecule has 29 heavy (non-hydrogen) atoms. The van der Waals surface area contributed by atoms with Crippen LogP contribution in [0.3, 0.4) is 0 Å². The first-order chi connectivity index (χ1) is 14.0. The van der Waals surface area contributed by atoms with E-state index in [4.69, 9.17) is 9.47 Å². The lowest BCUT2D eigenvalue weighted by Crippen LogP contribution is -2.54. The molecule has 0 bridgehead atoms. The minimum Gasteiger partial charge on any atom is -0.494 e. The summed E-state index contributed by atoms with van der Waals surface area (Å²) < 4.78 is 11.7. The predicted octanol–water partition coefficient (Wildman–Crippen LogP) is 4.70. The first-order valence-electron chi connectivity index (χ1n) is 10.2. The number of hydrogen-bond donors (Lipinski definition) is 0. The maximum atomic E-state index is 11.3. The molecule has 0 aliphatic carbocycles. The van der Waals surface area contributed by atoms with Gasteiger partial charge >= 0.3 is 0 Å². The van der Waals surface area contributed by atoms with Gasteiger partial charge in [-0.25, -0.2) is 0 Å². The summed E-state index contributed by atoms with van der Waals surface area (Å²) in [6.07, 6.45) is 1.59. The van der Waals surface area contributed by atoms with Gasteiger partial charge in [0.05, 0.1) is 30.9 Å². The molecule has 0 radical (unpaired) electrons. The summed E-state index contributed by atoms with van der Waals surface area (Å²) in [6.45, 7) is 7.88. The summed E-state index contributed by atoms with van der Waals surface area (Å²) in [4.78, 5) is 13.4. The standard InChI is InChI=1S/C24H28N2O3/c1-4-11-28-22-9-10-24(20(13-22)14-25)26-15-23(16-26)29-21-7-5-19(6-8-21)17(2)12-18(3)27/h5-10,13,17,23H,4,11-12,15-16H2,1-3H3/t17-/m1/s1. The number of nitriles is 1. The molecule has 0 amide bonds. The third kappa shape index (κ3) is 5.29. The van der Waals surface area contributed by atoms with Gasteiger partial charge in [0.15, 0.2) is 0 Å². The molecule has 5 heteroatoms. The summed E-state index contributed by atoms with van der Waals surface area (Å²) in [5.74, 6) is 1.99. The van der Waals surface area contributed by atoms with Gasteiger partial charge in [0.25, 0.3) is 0 Å². The molecule has 1 fully saturated rings. The van der Waals surface area contributed by atoms with Crippen molar-refractivity contribution in [3.05, 3.63) is 53.6 Å². The Bertz CT molecular complexity index is 880. The van der Waals surface area contributed by atoms with E-state index in [2.05, 4.69) is 24.8 Å². The molecule has 1 aliphatic heterocycles. The van der Waals surface area contributed by atoms with Gasteiger partial charge in [-0.3, -0.25) is 0 Å². The van der Waals surface area contributed by atoms with Gasteiger partial charge in [0, 0.05) is 6.42 Å². The number of nitrogens with zero attached hydrogens (tertiary/aromatic N) is 2. The van der Waals surface area contributed by atoms with Crippen molar-refractivity contribution in [2.75, 3.05) is 24.6 Å². The molecule has 2 aromatic carbocycles. The van der Waals surface area contributed by atoms with Crippen molar-refractivity contribution >= 4 is 11.5 Å². The van der Waals surface area contributed by atoms with Crippen LogP contribution in [0, 0.1) is 11.3 Å². The van der Waals surface area contributed by atoms with Crippen LogP contribution in [0.15, 0.2) is 42.5 Å². The zero-order valence-corrected chi connectivity index (χ0v) is 17.4. The van der Waals surface area contributed by atoms with E-state index in [-0.39, 0.29) is 17.8 Å². The molecule has 0 unspecified atom stereocenters. The maximum Gasteiger partial charge on any atom is 0.133 e. The molecule has 0 spiro atoms. The van der Waals surface area contributed by atoms with Gasteiger partial charge in [-0.1, -0.05) is 26.0 Å². The Kier molecular flexibility index (Phi) is 6.77. The lowest BCUT2D eigenvalue weighted by atomic mass is 9.96. The molecule has 1 aliphatic rings. The minimum absolute atomic E-state index is 0.0954. The average molecular weight is 392 g/mol. The number of rotatable bonds is 9. The van der Waals surface area contributed by atoms with E-state index in [0.29, 0.717) is 18.6 Å². The fraction of sp³-hybridized carbons (Fsp3) is 0.417. The van der Waals surface area contributed by atoms with Crippen molar-refractivity contribution in [1.29, 1.82) is 5.26 Å². The zero-order valence-electron chi connectivity index (χ0n) is 17.4. The highest BCUT2D eigenvalue weighted by Crippen LogP contribution is 2.30. The molecule has 5 nitrogen and oxygen atoms in total. The number of carbonyl (C=O) groups is 1. The van der Waals surface area contributed by atoms with Crippen molar-refractivity contribution in [3.8, 4) is 17.6 Å². The summed E-state index contributed by atoms with van der Waals surface area (Å²) in [5.41, 5.74) is 2.69. The first kappa shape index (κ1) is 20.7. The third-order valence-electron chi connectivity index (χ3n) is 5.10. The van der Waals surface area contributed by atoms with Crippen LogP contribution in [0.5, 0.6) is 11.5 Å². The van der Waals surface area contributed by atoms with Crippen LogP contribution in [-0.4, -0.2) is 31.6 Å². The predicted molar refractivity (Wildman–Crippen MR) is 114 cm³/mol. The van der Waals surface area contributed by atoms with Gasteiger partial charge in [-0.15, -0.1) is 0 Å². The van der Waals surface area contributed by atoms with Crippen molar-refractivity contribution in [3.63, 3.8) is 0 Å². The largest absolute Gasteiger partial charge is 0.494 e. The molecule has 2 aromatic rings. The van der Waals surface area contributed by atoms with E-state index in [1.165, 1.54) is 0 Å². The number of carbonyl (C=O) groups excluding carboxylic acids is 1. The summed E-state index contributed by atoms with van der Waals surface area (Å²) in [7, 11) is 0. The van der Waals surface area contributed by atoms with E-state index >= 15 is 0 Å². The normalized spacial score (nSPS) is 14.6. The molecule has 0 aromatic heterocycles. The number of benzene rings is 2. The highest BCUT2D eigenvalue weighted by atomic mass is 16.5. The second-order valence-electron chi connectivity index (χ2n) is 7.66. The quantitative estimate of drug-likeness (QED) is 0.619. The SMILES string of the molecule is CCCOc1ccc(N2CC(Oc3ccc([C@H](C)CC(C)=O)cc3)C2)c(C#N)c1. The minimum atomic E-state index is 0.0954. The number of Topliss-reactive ketones (excluding diaryl/α,β-unsaturated/α-hetero) is 1. The van der Waals surface area contributed by atoms with Crippen molar-refractivity contribution in [2.45, 2.75) is 45.6 Å². The smallest absolute Gasteiger partial charge is 0.133 e. The zero-order chi connectivity index (χ0) is 20.8. The van der Waals surface area contributed by atoms with Crippen LogP contribution in [0.2, 0.25) is 0 Å². The highest BCUT2D eigenvalue weighted by Gasteiger charge is 2.30. The van der Waals surface area contributed by atoms with E-state index in [9.17, 15) is 10.1 Å². The second kappa shape index (κ2) is 9.47. The molecular weight excluding hydrogens is 364 g/mol. The Labute approximate surface area is 172 Å². The lowest BCUT2D eigenvalue weighted by Gasteiger charge is -2.41. The fourth-order valence-electron chi connectivity index (χ4n) is 3.52. The topological polar surface area (TPSA) is 62.6 Å². The van der Waals surface area contributed by atoms with E-state index in [1.807, 2.05) is 36.4 Å². The van der Waals surface area contributed by atoms with Gasteiger partial charge in [-0.2, -0.15) is 5.26 Å². The average Bonchev–Trinajstić information content (AvgIpc) is 2.68. The van der Waals surface area contributed by atoms with Crippen molar-refractivity contribution < 1.29 is 14.3 Å². The van der Waals surface area contributed by atoms with Gasteiger partial charge in [-0.05, 0) is 55.2 Å². The molecule has 0 N–H and O–H groups in total. The monoisotopic (exact) mass is 392 g/mol. The van der Waals surface area contributed by atoms with Crippen LogP contribution >= 0.6 is 0 Å². The van der Waals surface area contributed by atoms with Crippen LogP contribution in [0.25, 0.3) is 0 Å². The number of ether oxygens (including phenoxy) is 2.